The summed E-state index contributed by atoms with van der Waals surface area (Å²) in [6.45, 7) is 2.90. The van der Waals surface area contributed by atoms with Crippen LogP contribution in [-0.4, -0.2) is 28.7 Å². The number of nitrogens with zero attached hydrogens (tertiary/aromatic N) is 2. The molecule has 4 rings (SSSR count). The van der Waals surface area contributed by atoms with Gasteiger partial charge < -0.3 is 18.8 Å². The van der Waals surface area contributed by atoms with Gasteiger partial charge in [-0.15, -0.1) is 0 Å². The van der Waals surface area contributed by atoms with Crippen molar-refractivity contribution >= 4 is 28.6 Å². The van der Waals surface area contributed by atoms with E-state index in [4.69, 9.17) is 25.5 Å². The van der Waals surface area contributed by atoms with E-state index < -0.39 is 5.76 Å². The summed E-state index contributed by atoms with van der Waals surface area (Å²) in [7, 11) is 0. The zero-order valence-corrected chi connectivity index (χ0v) is 15.4. The van der Waals surface area contributed by atoms with Crippen molar-refractivity contribution in [1.82, 2.24) is 9.47 Å². The van der Waals surface area contributed by atoms with E-state index in [1.807, 2.05) is 25.1 Å². The highest BCUT2D eigenvalue weighted by Crippen LogP contribution is 2.32. The highest BCUT2D eigenvalue weighted by Gasteiger charge is 2.19. The second-order valence-corrected chi connectivity index (χ2v) is 6.60. The van der Waals surface area contributed by atoms with Gasteiger partial charge >= 0.3 is 5.76 Å². The lowest BCUT2D eigenvalue weighted by atomic mass is 10.2. The Morgan fingerprint density at radius 2 is 2.00 bits per heavy atom. The van der Waals surface area contributed by atoms with Crippen LogP contribution in [0.25, 0.3) is 11.1 Å². The lowest BCUT2D eigenvalue weighted by Crippen LogP contribution is -2.35. The van der Waals surface area contributed by atoms with E-state index in [-0.39, 0.29) is 19.2 Å². The van der Waals surface area contributed by atoms with Crippen LogP contribution in [0.1, 0.15) is 12.5 Å². The molecule has 1 aliphatic rings. The lowest BCUT2D eigenvalue weighted by molar-refractivity contribution is -0.132. The van der Waals surface area contributed by atoms with Gasteiger partial charge in [0.2, 0.25) is 12.7 Å². The van der Waals surface area contributed by atoms with Crippen LogP contribution in [0.5, 0.6) is 11.5 Å². The highest BCUT2D eigenvalue weighted by molar-refractivity contribution is 6.31. The summed E-state index contributed by atoms with van der Waals surface area (Å²) in [4.78, 5) is 26.6. The van der Waals surface area contributed by atoms with Crippen LogP contribution in [0.4, 0.5) is 0 Å². The van der Waals surface area contributed by atoms with Gasteiger partial charge in [-0.2, -0.15) is 0 Å². The molecule has 0 radical (unpaired) electrons. The number of fused-ring (bicyclic) bond motifs is 2. The van der Waals surface area contributed by atoms with Gasteiger partial charge in [0.05, 0.1) is 5.52 Å². The predicted octanol–water partition coefficient (Wildman–Crippen LogP) is 3.03. The molecule has 0 unspecified atom stereocenters. The van der Waals surface area contributed by atoms with Gasteiger partial charge in [0.25, 0.3) is 0 Å². The minimum atomic E-state index is -0.584. The fourth-order valence-electron chi connectivity index (χ4n) is 3.06. The third-order valence-corrected chi connectivity index (χ3v) is 4.70. The molecule has 0 atom stereocenters. The number of aromatic nitrogens is 1. The maximum Gasteiger partial charge on any atom is 0.420 e. The summed E-state index contributed by atoms with van der Waals surface area (Å²) in [6.07, 6.45) is 0. The van der Waals surface area contributed by atoms with E-state index in [2.05, 4.69) is 0 Å². The van der Waals surface area contributed by atoms with Crippen molar-refractivity contribution in [2.45, 2.75) is 20.0 Å². The Morgan fingerprint density at radius 1 is 1.19 bits per heavy atom. The molecule has 0 fully saturated rings. The monoisotopic (exact) mass is 388 g/mol. The smallest absolute Gasteiger partial charge is 0.420 e. The van der Waals surface area contributed by atoms with Crippen molar-refractivity contribution in [3.8, 4) is 11.5 Å². The van der Waals surface area contributed by atoms with Crippen molar-refractivity contribution in [3.63, 3.8) is 0 Å². The van der Waals surface area contributed by atoms with E-state index in [1.165, 1.54) is 4.57 Å². The van der Waals surface area contributed by atoms with E-state index in [0.717, 1.165) is 5.56 Å². The van der Waals surface area contributed by atoms with Crippen molar-refractivity contribution in [2.75, 3.05) is 13.3 Å². The molecule has 2 aromatic carbocycles. The minimum absolute atomic E-state index is 0.105. The van der Waals surface area contributed by atoms with Crippen LogP contribution in [-0.2, 0) is 17.9 Å². The van der Waals surface area contributed by atoms with Crippen LogP contribution < -0.4 is 15.2 Å². The third-order valence-electron chi connectivity index (χ3n) is 4.47. The third kappa shape index (κ3) is 3.38. The zero-order chi connectivity index (χ0) is 19.0. The average molecular weight is 389 g/mol. The lowest BCUT2D eigenvalue weighted by Gasteiger charge is -2.21. The maximum atomic E-state index is 12.8. The number of carbonyl (C=O) groups excluding carboxylic acids is 1. The molecule has 2 heterocycles. The average Bonchev–Trinajstić information content (AvgIpc) is 3.23. The molecule has 140 valence electrons. The van der Waals surface area contributed by atoms with Crippen LogP contribution in [0.2, 0.25) is 5.02 Å². The number of benzene rings is 2. The van der Waals surface area contributed by atoms with Gasteiger partial charge in [0.15, 0.2) is 17.1 Å². The molecule has 0 saturated heterocycles. The number of amides is 1. The number of halogens is 1. The predicted molar refractivity (Wildman–Crippen MR) is 99.1 cm³/mol. The molecule has 0 N–H and O–H groups in total. The topological polar surface area (TPSA) is 73.9 Å². The zero-order valence-electron chi connectivity index (χ0n) is 14.6. The summed E-state index contributed by atoms with van der Waals surface area (Å²) in [6, 6.07) is 10.5. The van der Waals surface area contributed by atoms with Gasteiger partial charge in [-0.3, -0.25) is 9.36 Å². The van der Waals surface area contributed by atoms with Gasteiger partial charge in [0, 0.05) is 24.2 Å². The van der Waals surface area contributed by atoms with E-state index in [9.17, 15) is 9.59 Å². The summed E-state index contributed by atoms with van der Waals surface area (Å²) < 4.78 is 17.2. The first-order chi connectivity index (χ1) is 13.0. The standard InChI is InChI=1S/C19H17ClN2O5/c1-2-21(9-12-3-6-15-17(7-12)26-11-25-15)18(23)10-22-14-5-4-13(20)8-16(14)27-19(22)24/h3-8H,2,9-11H2,1H3. The van der Waals surface area contributed by atoms with Gasteiger partial charge in [-0.05, 0) is 36.8 Å². The Balaban J connectivity index is 1.54. The maximum absolute atomic E-state index is 12.8. The van der Waals surface area contributed by atoms with E-state index in [0.29, 0.717) is 40.7 Å². The summed E-state index contributed by atoms with van der Waals surface area (Å²) in [5.74, 6) is 0.600. The van der Waals surface area contributed by atoms with Crippen molar-refractivity contribution in [1.29, 1.82) is 0 Å². The number of hydrogen-bond donors (Lipinski definition) is 0. The molecular weight excluding hydrogens is 372 g/mol. The van der Waals surface area contributed by atoms with Crippen LogP contribution in [0.3, 0.4) is 0 Å². The molecule has 0 saturated carbocycles. The molecule has 0 bridgehead atoms. The Morgan fingerprint density at radius 3 is 2.81 bits per heavy atom. The van der Waals surface area contributed by atoms with Crippen molar-refractivity contribution in [3.05, 3.63) is 57.5 Å². The molecule has 27 heavy (non-hydrogen) atoms. The fraction of sp³-hybridized carbons (Fsp3) is 0.263. The summed E-state index contributed by atoms with van der Waals surface area (Å²) >= 11 is 5.92. The van der Waals surface area contributed by atoms with E-state index >= 15 is 0 Å². The quantitative estimate of drug-likeness (QED) is 0.671. The first-order valence-electron chi connectivity index (χ1n) is 8.50. The van der Waals surface area contributed by atoms with Crippen LogP contribution >= 0.6 is 11.6 Å². The largest absolute Gasteiger partial charge is 0.454 e. The molecular formula is C19H17ClN2O5. The second-order valence-electron chi connectivity index (χ2n) is 6.16. The number of carbonyl (C=O) groups is 1. The normalized spacial score (nSPS) is 12.5. The van der Waals surface area contributed by atoms with Gasteiger partial charge in [-0.1, -0.05) is 17.7 Å². The van der Waals surface area contributed by atoms with Crippen LogP contribution in [0, 0.1) is 0 Å². The number of oxazole rings is 1. The van der Waals surface area contributed by atoms with Crippen molar-refractivity contribution in [2.24, 2.45) is 0 Å². The molecule has 0 spiro atoms. The van der Waals surface area contributed by atoms with E-state index in [1.54, 1.807) is 23.1 Å². The Kier molecular flexibility index (Phi) is 4.53. The van der Waals surface area contributed by atoms with Gasteiger partial charge in [-0.25, -0.2) is 4.79 Å². The molecule has 1 amide bonds. The fourth-order valence-corrected chi connectivity index (χ4v) is 3.22. The first-order valence-corrected chi connectivity index (χ1v) is 8.88. The van der Waals surface area contributed by atoms with Crippen LogP contribution in [0.15, 0.2) is 45.6 Å². The molecule has 1 aromatic heterocycles. The number of hydrogen-bond acceptors (Lipinski definition) is 5. The number of rotatable bonds is 5. The Bertz CT molecular complexity index is 1070. The molecule has 7 nitrogen and oxygen atoms in total. The summed E-state index contributed by atoms with van der Waals surface area (Å²) in [5, 5.41) is 0.465. The van der Waals surface area contributed by atoms with Gasteiger partial charge in [0.1, 0.15) is 6.54 Å². The molecule has 1 aliphatic heterocycles. The molecule has 8 heteroatoms. The molecule has 3 aromatic rings. The molecule has 0 aliphatic carbocycles. The minimum Gasteiger partial charge on any atom is -0.454 e. The number of likely N-dealkylation sites (N-methyl/N-ethyl adjacent to an activating group) is 1. The second kappa shape index (κ2) is 7.00. The SMILES string of the molecule is CCN(Cc1ccc2c(c1)OCO2)C(=O)Cn1c(=O)oc2cc(Cl)ccc21. The van der Waals surface area contributed by atoms with Crippen molar-refractivity contribution < 1.29 is 18.7 Å². The first kappa shape index (κ1) is 17.5. The number of ether oxygens (including phenoxy) is 2. The Hall–Kier alpha value is -2.93. The summed E-state index contributed by atoms with van der Waals surface area (Å²) in [5.41, 5.74) is 1.82. The Labute approximate surface area is 159 Å². The highest BCUT2D eigenvalue weighted by atomic mass is 35.5.